The van der Waals surface area contributed by atoms with Gasteiger partial charge in [-0.25, -0.2) is 9.18 Å². The average molecular weight is 250 g/mol. The number of carbonyl (C=O) groups excluding carboxylic acids is 2. The Morgan fingerprint density at radius 1 is 1.39 bits per heavy atom. The van der Waals surface area contributed by atoms with Crippen molar-refractivity contribution in [2.24, 2.45) is 0 Å². The highest BCUT2D eigenvalue weighted by Crippen LogP contribution is 2.11. The minimum atomic E-state index is -0.412. The van der Waals surface area contributed by atoms with E-state index in [1.54, 1.807) is 12.1 Å². The maximum Gasteiger partial charge on any atom is 0.324 e. The molecule has 0 aliphatic carbocycles. The van der Waals surface area contributed by atoms with Crippen molar-refractivity contribution in [2.45, 2.75) is 25.8 Å². The quantitative estimate of drug-likeness (QED) is 0.827. The lowest BCUT2D eigenvalue weighted by atomic mass is 10.1. The van der Waals surface area contributed by atoms with Gasteiger partial charge in [-0.1, -0.05) is 19.1 Å². The van der Waals surface area contributed by atoms with Crippen LogP contribution in [0.3, 0.4) is 0 Å². The lowest BCUT2D eigenvalue weighted by Gasteiger charge is -2.12. The fraction of sp³-hybridized carbons (Fsp3) is 0.385. The van der Waals surface area contributed by atoms with Crippen molar-refractivity contribution < 1.29 is 14.0 Å². The molecule has 0 bridgehead atoms. The molecule has 1 aromatic rings. The van der Waals surface area contributed by atoms with Gasteiger partial charge < -0.3 is 5.32 Å². The van der Waals surface area contributed by atoms with Crippen LogP contribution >= 0.6 is 0 Å². The summed E-state index contributed by atoms with van der Waals surface area (Å²) in [6.45, 7) is 2.13. The van der Waals surface area contributed by atoms with Crippen molar-refractivity contribution in [3.63, 3.8) is 0 Å². The molecule has 0 spiro atoms. The van der Waals surface area contributed by atoms with E-state index in [1.165, 1.54) is 17.0 Å². The molecule has 0 aromatic heterocycles. The van der Waals surface area contributed by atoms with Crippen molar-refractivity contribution in [2.75, 3.05) is 6.54 Å². The smallest absolute Gasteiger partial charge is 0.324 e. The summed E-state index contributed by atoms with van der Waals surface area (Å²) in [7, 11) is 0. The van der Waals surface area contributed by atoms with Crippen LogP contribution in [0.25, 0.3) is 0 Å². The molecule has 0 radical (unpaired) electrons. The Balaban J connectivity index is 1.98. The van der Waals surface area contributed by atoms with Crippen LogP contribution in [0.5, 0.6) is 0 Å². The second-order valence-electron chi connectivity index (χ2n) is 4.28. The number of rotatable bonds is 4. The normalized spacial score (nSPS) is 19.2. The van der Waals surface area contributed by atoms with E-state index in [0.717, 1.165) is 5.56 Å². The van der Waals surface area contributed by atoms with E-state index >= 15 is 0 Å². The van der Waals surface area contributed by atoms with Crippen molar-refractivity contribution in [1.29, 1.82) is 0 Å². The van der Waals surface area contributed by atoms with Gasteiger partial charge in [-0.05, 0) is 30.5 Å². The first kappa shape index (κ1) is 12.5. The Morgan fingerprint density at radius 3 is 2.78 bits per heavy atom. The van der Waals surface area contributed by atoms with Crippen LogP contribution < -0.4 is 5.32 Å². The Labute approximate surface area is 105 Å². The van der Waals surface area contributed by atoms with Gasteiger partial charge in [0.15, 0.2) is 0 Å². The number of carbonyl (C=O) groups is 2. The lowest BCUT2D eigenvalue weighted by molar-refractivity contribution is -0.127. The SMILES string of the molecule is CC[C@@H]1NC(=O)N(CCc2cccc(F)c2)C1=O. The first-order valence-corrected chi connectivity index (χ1v) is 5.98. The van der Waals surface area contributed by atoms with Crippen LogP contribution in [0.4, 0.5) is 9.18 Å². The molecule has 0 saturated carbocycles. The van der Waals surface area contributed by atoms with Crippen LogP contribution in [0.2, 0.25) is 0 Å². The fourth-order valence-electron chi connectivity index (χ4n) is 2.00. The maximum absolute atomic E-state index is 13.0. The van der Waals surface area contributed by atoms with Gasteiger partial charge in [-0.3, -0.25) is 9.69 Å². The topological polar surface area (TPSA) is 49.4 Å². The zero-order chi connectivity index (χ0) is 13.1. The second-order valence-corrected chi connectivity index (χ2v) is 4.28. The van der Waals surface area contributed by atoms with Gasteiger partial charge in [-0.2, -0.15) is 0 Å². The number of nitrogens with one attached hydrogen (secondary N) is 1. The number of imide groups is 1. The molecule has 0 unspecified atom stereocenters. The summed E-state index contributed by atoms with van der Waals surface area (Å²) in [5, 5.41) is 2.61. The number of urea groups is 1. The molecule has 96 valence electrons. The van der Waals surface area contributed by atoms with Gasteiger partial charge in [0.2, 0.25) is 0 Å². The number of halogens is 1. The summed E-state index contributed by atoms with van der Waals surface area (Å²) < 4.78 is 13.0. The van der Waals surface area contributed by atoms with Crippen molar-refractivity contribution in [3.05, 3.63) is 35.6 Å². The van der Waals surface area contributed by atoms with Crippen molar-refractivity contribution in [3.8, 4) is 0 Å². The highest BCUT2D eigenvalue weighted by atomic mass is 19.1. The molecule has 1 heterocycles. The summed E-state index contributed by atoms with van der Waals surface area (Å²) in [6, 6.07) is 5.40. The molecule has 1 saturated heterocycles. The molecule has 18 heavy (non-hydrogen) atoms. The number of benzene rings is 1. The van der Waals surface area contributed by atoms with Crippen LogP contribution in [0, 0.1) is 5.82 Å². The number of nitrogens with zero attached hydrogens (tertiary/aromatic N) is 1. The predicted molar refractivity (Wildman–Crippen MR) is 64.4 cm³/mol. The van der Waals surface area contributed by atoms with Crippen LogP contribution in [-0.2, 0) is 11.2 Å². The maximum atomic E-state index is 13.0. The first-order chi connectivity index (χ1) is 8.61. The minimum absolute atomic E-state index is 0.195. The molecule has 2 rings (SSSR count). The zero-order valence-corrected chi connectivity index (χ0v) is 10.1. The van der Waals surface area contributed by atoms with Crippen LogP contribution in [0.1, 0.15) is 18.9 Å². The second kappa shape index (κ2) is 5.16. The molecule has 1 atom stereocenters. The summed E-state index contributed by atoms with van der Waals surface area (Å²) in [5.41, 5.74) is 0.774. The van der Waals surface area contributed by atoms with Gasteiger partial charge in [0.05, 0.1) is 0 Å². The third-order valence-corrected chi connectivity index (χ3v) is 3.03. The Kier molecular flexibility index (Phi) is 3.60. The van der Waals surface area contributed by atoms with Crippen molar-refractivity contribution in [1.82, 2.24) is 10.2 Å². The molecule has 1 N–H and O–H groups in total. The van der Waals surface area contributed by atoms with Crippen molar-refractivity contribution >= 4 is 11.9 Å². The molecule has 3 amide bonds. The first-order valence-electron chi connectivity index (χ1n) is 5.98. The molecule has 4 nitrogen and oxygen atoms in total. The summed E-state index contributed by atoms with van der Waals surface area (Å²) in [6.07, 6.45) is 1.05. The Morgan fingerprint density at radius 2 is 2.17 bits per heavy atom. The monoisotopic (exact) mass is 250 g/mol. The van der Waals surface area contributed by atoms with E-state index in [9.17, 15) is 14.0 Å². The molecular formula is C13H15FN2O2. The summed E-state index contributed by atoms with van der Waals surface area (Å²) in [5.74, 6) is -0.505. The molecular weight excluding hydrogens is 235 g/mol. The third kappa shape index (κ3) is 2.50. The van der Waals surface area contributed by atoms with Crippen LogP contribution in [0.15, 0.2) is 24.3 Å². The highest BCUT2D eigenvalue weighted by molar-refractivity contribution is 6.04. The number of hydrogen-bond acceptors (Lipinski definition) is 2. The molecule has 1 fully saturated rings. The van der Waals surface area contributed by atoms with E-state index in [1.807, 2.05) is 6.92 Å². The van der Waals surface area contributed by atoms with Gasteiger partial charge in [0.1, 0.15) is 11.9 Å². The van der Waals surface area contributed by atoms with E-state index in [0.29, 0.717) is 12.8 Å². The zero-order valence-electron chi connectivity index (χ0n) is 10.1. The van der Waals surface area contributed by atoms with E-state index < -0.39 is 6.04 Å². The number of hydrogen-bond donors (Lipinski definition) is 1. The largest absolute Gasteiger partial charge is 0.326 e. The Bertz CT molecular complexity index is 476. The highest BCUT2D eigenvalue weighted by Gasteiger charge is 2.36. The molecule has 5 heteroatoms. The average Bonchev–Trinajstić information content (AvgIpc) is 2.62. The van der Waals surface area contributed by atoms with Gasteiger partial charge in [0.25, 0.3) is 5.91 Å². The van der Waals surface area contributed by atoms with Gasteiger partial charge in [0, 0.05) is 6.54 Å². The standard InChI is InChI=1S/C13H15FN2O2/c1-2-11-12(17)16(13(18)15-11)7-6-9-4-3-5-10(14)8-9/h3-5,8,11H,2,6-7H2,1H3,(H,15,18)/t11-/m0/s1. The van der Waals surface area contributed by atoms with E-state index in [2.05, 4.69) is 5.32 Å². The summed E-state index contributed by atoms with van der Waals surface area (Å²) >= 11 is 0. The lowest BCUT2D eigenvalue weighted by Crippen LogP contribution is -2.33. The third-order valence-electron chi connectivity index (χ3n) is 3.03. The number of amides is 3. The Hall–Kier alpha value is -1.91. The van der Waals surface area contributed by atoms with Gasteiger partial charge >= 0.3 is 6.03 Å². The molecule has 1 aliphatic heterocycles. The molecule has 1 aromatic carbocycles. The fourth-order valence-corrected chi connectivity index (χ4v) is 2.00. The minimum Gasteiger partial charge on any atom is -0.326 e. The van der Waals surface area contributed by atoms with E-state index in [-0.39, 0.29) is 24.3 Å². The van der Waals surface area contributed by atoms with E-state index in [4.69, 9.17) is 0 Å². The summed E-state index contributed by atoms with van der Waals surface area (Å²) in [4.78, 5) is 24.6. The van der Waals surface area contributed by atoms with Gasteiger partial charge in [-0.15, -0.1) is 0 Å². The van der Waals surface area contributed by atoms with Crippen LogP contribution in [-0.4, -0.2) is 29.4 Å². The predicted octanol–water partition coefficient (Wildman–Crippen LogP) is 1.70. The molecule has 1 aliphatic rings.